The number of ketones is 1. The summed E-state index contributed by atoms with van der Waals surface area (Å²) in [7, 11) is 0. The predicted octanol–water partition coefficient (Wildman–Crippen LogP) is 1.83. The maximum atomic E-state index is 12.8. The van der Waals surface area contributed by atoms with Crippen LogP contribution in [-0.4, -0.2) is 63.4 Å². The fraction of sp³-hybridized carbons (Fsp3) is 0.500. The molecule has 1 aromatic rings. The molecular formula is C20H26AsClN2O6. The Kier molecular flexibility index (Phi) is 9.37. The first-order valence-corrected chi connectivity index (χ1v) is 10.6. The summed E-state index contributed by atoms with van der Waals surface area (Å²) in [5.41, 5.74) is -0.497. The molecule has 164 valence electrons. The van der Waals surface area contributed by atoms with E-state index in [1.165, 1.54) is 6.07 Å². The van der Waals surface area contributed by atoms with Crippen LogP contribution in [0.3, 0.4) is 0 Å². The Bertz CT molecular complexity index is 822. The molecule has 0 aliphatic rings. The van der Waals surface area contributed by atoms with Crippen molar-refractivity contribution in [2.45, 2.75) is 58.7 Å². The Morgan fingerprint density at radius 2 is 1.77 bits per heavy atom. The van der Waals surface area contributed by atoms with E-state index >= 15 is 0 Å². The monoisotopic (exact) mass is 500 g/mol. The number of carboxylic acids is 1. The van der Waals surface area contributed by atoms with Gasteiger partial charge in [-0.05, 0) is 0 Å². The van der Waals surface area contributed by atoms with Crippen LogP contribution in [0.4, 0.5) is 4.79 Å². The molecular weight excluding hydrogens is 475 g/mol. The summed E-state index contributed by atoms with van der Waals surface area (Å²) in [5, 5.41) is 14.5. The number of carbonyl (C=O) groups excluding carboxylic acids is 3. The molecule has 0 saturated heterocycles. The molecule has 8 nitrogen and oxygen atoms in total. The first-order valence-electron chi connectivity index (χ1n) is 9.25. The van der Waals surface area contributed by atoms with E-state index in [1.807, 2.05) is 0 Å². The predicted molar refractivity (Wildman–Crippen MR) is 113 cm³/mol. The standard InChI is InChI=1S/C20H26AsClN2O6/c1-10(2)16(18(27)28)24-17(26)14(23-19(29)30-20(3,4)5)9-15(25)12-7-6-11(22)8-13(12)21/h6-8,10,14,16H,9H2,1-5H3,(H,23,29)(H,24,26)(H,27,28)/t14?,16-/m0/s1. The van der Waals surface area contributed by atoms with E-state index in [0.717, 1.165) is 0 Å². The molecule has 2 amide bonds. The fourth-order valence-electron chi connectivity index (χ4n) is 2.46. The number of carbonyl (C=O) groups is 4. The van der Waals surface area contributed by atoms with Crippen molar-refractivity contribution in [2.24, 2.45) is 5.92 Å². The molecule has 0 saturated carbocycles. The van der Waals surface area contributed by atoms with Crippen LogP contribution in [0.1, 0.15) is 51.4 Å². The SMILES string of the molecule is CC(C)[C@H](NC(=O)C(CC(=O)c1ccc(Cl)cc1[As])NC(=O)OC(C)(C)C)C(=O)O. The summed E-state index contributed by atoms with van der Waals surface area (Å²) in [6, 6.07) is 2.15. The van der Waals surface area contributed by atoms with Crippen molar-refractivity contribution in [1.82, 2.24) is 10.6 Å². The number of hydrogen-bond donors (Lipinski definition) is 3. The van der Waals surface area contributed by atoms with E-state index in [4.69, 9.17) is 16.3 Å². The molecule has 0 aromatic heterocycles. The second-order valence-corrected chi connectivity index (χ2v) is 9.50. The zero-order chi connectivity index (χ0) is 23.2. The molecule has 1 unspecified atom stereocenters. The summed E-state index contributed by atoms with van der Waals surface area (Å²) in [6.07, 6.45) is -1.28. The Labute approximate surface area is 189 Å². The van der Waals surface area contributed by atoms with Crippen LogP contribution < -0.4 is 15.0 Å². The van der Waals surface area contributed by atoms with Gasteiger partial charge in [0.25, 0.3) is 0 Å². The van der Waals surface area contributed by atoms with Crippen LogP contribution in [0.25, 0.3) is 0 Å². The average Bonchev–Trinajstić information content (AvgIpc) is 2.56. The number of rotatable bonds is 8. The molecule has 10 heteroatoms. The Balaban J connectivity index is 3.09. The Morgan fingerprint density at radius 1 is 1.17 bits per heavy atom. The third-order valence-electron chi connectivity index (χ3n) is 3.89. The fourth-order valence-corrected chi connectivity index (χ4v) is 3.51. The number of benzene rings is 1. The Morgan fingerprint density at radius 3 is 2.23 bits per heavy atom. The van der Waals surface area contributed by atoms with Crippen LogP contribution >= 0.6 is 11.6 Å². The van der Waals surface area contributed by atoms with Gasteiger partial charge in [-0.1, -0.05) is 0 Å². The van der Waals surface area contributed by atoms with E-state index < -0.39 is 47.4 Å². The molecule has 2 radical (unpaired) electrons. The van der Waals surface area contributed by atoms with Gasteiger partial charge >= 0.3 is 190 Å². The third kappa shape index (κ3) is 8.36. The molecule has 1 rings (SSSR count). The van der Waals surface area contributed by atoms with Crippen molar-refractivity contribution >= 4 is 56.6 Å². The van der Waals surface area contributed by atoms with E-state index in [0.29, 0.717) is 14.9 Å². The zero-order valence-electron chi connectivity index (χ0n) is 17.5. The number of halogens is 1. The van der Waals surface area contributed by atoms with Crippen LogP contribution in [-0.2, 0) is 14.3 Å². The van der Waals surface area contributed by atoms with Gasteiger partial charge < -0.3 is 0 Å². The van der Waals surface area contributed by atoms with Crippen LogP contribution in [0.5, 0.6) is 0 Å². The minimum absolute atomic E-state index is 0.321. The van der Waals surface area contributed by atoms with Crippen molar-refractivity contribution in [3.63, 3.8) is 0 Å². The van der Waals surface area contributed by atoms with Gasteiger partial charge in [-0.2, -0.15) is 0 Å². The molecule has 0 heterocycles. The van der Waals surface area contributed by atoms with Crippen molar-refractivity contribution in [1.29, 1.82) is 0 Å². The number of hydrogen-bond acceptors (Lipinski definition) is 5. The quantitative estimate of drug-likeness (QED) is 0.370. The van der Waals surface area contributed by atoms with Crippen LogP contribution in [0, 0.1) is 5.92 Å². The number of carboxylic acid groups (broad SMARTS) is 1. The van der Waals surface area contributed by atoms with Gasteiger partial charge in [-0.15, -0.1) is 0 Å². The first-order chi connectivity index (χ1) is 13.7. The summed E-state index contributed by atoms with van der Waals surface area (Å²) < 4.78 is 5.72. The molecule has 0 aliphatic carbocycles. The Hall–Kier alpha value is -2.05. The number of amides is 2. The number of aliphatic carboxylic acids is 1. The van der Waals surface area contributed by atoms with Gasteiger partial charge in [-0.25, -0.2) is 0 Å². The van der Waals surface area contributed by atoms with E-state index in [1.54, 1.807) is 46.8 Å². The van der Waals surface area contributed by atoms with Crippen LogP contribution in [0.15, 0.2) is 18.2 Å². The van der Waals surface area contributed by atoms with Gasteiger partial charge in [0.1, 0.15) is 0 Å². The minimum atomic E-state index is -1.32. The van der Waals surface area contributed by atoms with E-state index in [2.05, 4.69) is 27.5 Å². The molecule has 3 N–H and O–H groups in total. The molecule has 2 atom stereocenters. The van der Waals surface area contributed by atoms with Crippen molar-refractivity contribution < 1.29 is 29.0 Å². The van der Waals surface area contributed by atoms with Gasteiger partial charge in [-0.3, -0.25) is 0 Å². The second kappa shape index (κ2) is 10.8. The molecule has 0 bridgehead atoms. The third-order valence-corrected chi connectivity index (χ3v) is 4.90. The summed E-state index contributed by atoms with van der Waals surface area (Å²) in [4.78, 5) is 49.1. The van der Waals surface area contributed by atoms with Gasteiger partial charge in [0, 0.05) is 0 Å². The molecule has 0 aliphatic heterocycles. The summed E-state index contributed by atoms with van der Waals surface area (Å²) in [6.45, 7) is 8.23. The van der Waals surface area contributed by atoms with E-state index in [9.17, 15) is 24.3 Å². The number of nitrogens with one attached hydrogen (secondary N) is 2. The zero-order valence-corrected chi connectivity index (χ0v) is 20.1. The maximum absolute atomic E-state index is 12.8. The molecule has 1 aromatic carbocycles. The van der Waals surface area contributed by atoms with Crippen molar-refractivity contribution in [3.8, 4) is 0 Å². The second-order valence-electron chi connectivity index (χ2n) is 8.06. The number of ether oxygens (including phenoxy) is 1. The first kappa shape index (κ1) is 26.0. The van der Waals surface area contributed by atoms with Crippen molar-refractivity contribution in [3.05, 3.63) is 28.8 Å². The van der Waals surface area contributed by atoms with Crippen molar-refractivity contribution in [2.75, 3.05) is 0 Å². The number of Topliss-reactive ketones (excluding diaryl/α,β-unsaturated/α-hetero) is 1. The summed E-state index contributed by atoms with van der Waals surface area (Å²) in [5.74, 6) is -2.84. The molecule has 30 heavy (non-hydrogen) atoms. The normalized spacial score (nSPS) is 13.3. The molecule has 0 fully saturated rings. The number of alkyl carbamates (subject to hydrolysis) is 1. The van der Waals surface area contributed by atoms with Crippen LogP contribution in [0.2, 0.25) is 5.02 Å². The average molecular weight is 501 g/mol. The topological polar surface area (TPSA) is 122 Å². The molecule has 0 spiro atoms. The van der Waals surface area contributed by atoms with Gasteiger partial charge in [0.15, 0.2) is 0 Å². The summed E-state index contributed by atoms with van der Waals surface area (Å²) >= 11 is 8.13. The van der Waals surface area contributed by atoms with Gasteiger partial charge in [0.05, 0.1) is 0 Å². The van der Waals surface area contributed by atoms with E-state index in [-0.39, 0.29) is 6.42 Å². The van der Waals surface area contributed by atoms with Gasteiger partial charge in [0.2, 0.25) is 0 Å².